The van der Waals surface area contributed by atoms with E-state index in [1.54, 1.807) is 41.5 Å². The number of urea groups is 1. The lowest BCUT2D eigenvalue weighted by Gasteiger charge is -2.31. The van der Waals surface area contributed by atoms with Gasteiger partial charge in [-0.25, -0.2) is 14.4 Å². The first-order valence-electron chi connectivity index (χ1n) is 17.4. The normalized spacial score (nSPS) is 15.7. The summed E-state index contributed by atoms with van der Waals surface area (Å²) >= 11 is 1.43. The summed E-state index contributed by atoms with van der Waals surface area (Å²) in [5.41, 5.74) is 1.36. The second-order valence-electron chi connectivity index (χ2n) is 14.5. The monoisotopic (exact) mass is 726 g/mol. The maximum Gasteiger partial charge on any atom is 0.411 e. The highest BCUT2D eigenvalue weighted by atomic mass is 32.2. The van der Waals surface area contributed by atoms with Crippen LogP contribution in [0.4, 0.5) is 9.59 Å². The smallest absolute Gasteiger partial charge is 0.411 e. The van der Waals surface area contributed by atoms with Crippen LogP contribution in [0.2, 0.25) is 0 Å². The van der Waals surface area contributed by atoms with E-state index in [9.17, 15) is 24.0 Å². The van der Waals surface area contributed by atoms with Gasteiger partial charge in [0.2, 0.25) is 5.91 Å². The Morgan fingerprint density at radius 2 is 1.53 bits per heavy atom. The molecular weight excluding hydrogens is 673 g/mol. The molecule has 0 bridgehead atoms. The minimum atomic E-state index is -0.993. The molecule has 1 heterocycles. The lowest BCUT2D eigenvalue weighted by atomic mass is 10.0. The third-order valence-corrected chi connectivity index (χ3v) is 8.88. The second-order valence-corrected chi connectivity index (χ2v) is 15.5. The minimum Gasteiger partial charge on any atom is -0.467 e. The summed E-state index contributed by atoms with van der Waals surface area (Å²) in [6, 6.07) is 15.3. The molecule has 0 aromatic heterocycles. The molecule has 2 aromatic rings. The lowest BCUT2D eigenvalue weighted by Crippen LogP contribution is -2.53. The molecule has 4 amide bonds. The first-order chi connectivity index (χ1) is 24.0. The third-order valence-electron chi connectivity index (χ3n) is 7.87. The summed E-state index contributed by atoms with van der Waals surface area (Å²) in [6.07, 6.45) is 1.00. The third kappa shape index (κ3) is 13.4. The average Bonchev–Trinajstić information content (AvgIpc) is 3.57. The number of ether oxygens (including phenoxy) is 3. The van der Waals surface area contributed by atoms with Crippen molar-refractivity contribution in [2.24, 2.45) is 5.92 Å². The van der Waals surface area contributed by atoms with Crippen molar-refractivity contribution in [1.82, 2.24) is 20.4 Å². The number of carbonyl (C=O) groups is 5. The van der Waals surface area contributed by atoms with Gasteiger partial charge in [-0.15, -0.1) is 11.8 Å². The van der Waals surface area contributed by atoms with Crippen LogP contribution in [0.1, 0.15) is 66.9 Å². The molecule has 0 aliphatic carbocycles. The van der Waals surface area contributed by atoms with Crippen molar-refractivity contribution >= 4 is 41.7 Å². The molecule has 3 rings (SSSR count). The molecule has 280 valence electrons. The molecular formula is C38H54N4O8S. The number of methoxy groups -OCH3 is 1. The standard InChI is InChI=1S/C38H54N4O8S/c1-9-10-20-41(35(46)40-30(34(45)48-8)21-26-16-18-28(19-17-26)27-14-12-11-13-15-27)23-29(33(44)49-37(2,3)4)22-39-32(43)31-24-51-25-42(31)36(47)50-38(5,6)7/h11-19,29-31H,9-10,20-25H2,1-8H3,(H,39,43)(H,40,46)/t29-,30+,31+/m1/s1. The molecule has 2 aromatic carbocycles. The highest BCUT2D eigenvalue weighted by Crippen LogP contribution is 2.24. The zero-order valence-corrected chi connectivity index (χ0v) is 32.0. The van der Waals surface area contributed by atoms with E-state index >= 15 is 0 Å². The topological polar surface area (TPSA) is 144 Å². The van der Waals surface area contributed by atoms with Gasteiger partial charge in [0.1, 0.15) is 23.3 Å². The van der Waals surface area contributed by atoms with Crippen LogP contribution < -0.4 is 10.6 Å². The molecule has 0 radical (unpaired) electrons. The van der Waals surface area contributed by atoms with Crippen LogP contribution in [0.15, 0.2) is 54.6 Å². The maximum atomic E-state index is 13.8. The van der Waals surface area contributed by atoms with Gasteiger partial charge in [-0.05, 0) is 64.7 Å². The largest absolute Gasteiger partial charge is 0.467 e. The minimum absolute atomic E-state index is 0.0874. The Hall–Kier alpha value is -4.26. The Labute approximate surface area is 306 Å². The van der Waals surface area contributed by atoms with Crippen LogP contribution in [-0.4, -0.2) is 101 Å². The van der Waals surface area contributed by atoms with Crippen molar-refractivity contribution < 1.29 is 38.2 Å². The molecule has 51 heavy (non-hydrogen) atoms. The number of hydrogen-bond donors (Lipinski definition) is 2. The molecule has 12 nitrogen and oxygen atoms in total. The molecule has 2 N–H and O–H groups in total. The summed E-state index contributed by atoms with van der Waals surface area (Å²) in [6.45, 7) is 12.5. The van der Waals surface area contributed by atoms with Crippen molar-refractivity contribution in [2.45, 2.75) is 91.0 Å². The first kappa shape index (κ1) is 41.2. The summed E-state index contributed by atoms with van der Waals surface area (Å²) in [5.74, 6) is -1.91. The van der Waals surface area contributed by atoms with Crippen molar-refractivity contribution in [3.8, 4) is 11.1 Å². The predicted molar refractivity (Wildman–Crippen MR) is 198 cm³/mol. The Morgan fingerprint density at radius 1 is 0.902 bits per heavy atom. The van der Waals surface area contributed by atoms with Gasteiger partial charge in [-0.3, -0.25) is 14.5 Å². The summed E-state index contributed by atoms with van der Waals surface area (Å²) in [5, 5.41) is 5.64. The Morgan fingerprint density at radius 3 is 2.12 bits per heavy atom. The highest BCUT2D eigenvalue weighted by Gasteiger charge is 2.38. The zero-order chi connectivity index (χ0) is 37.8. The number of unbranched alkanes of at least 4 members (excludes halogenated alkanes) is 1. The van der Waals surface area contributed by atoms with Crippen LogP contribution in [0, 0.1) is 5.92 Å². The van der Waals surface area contributed by atoms with E-state index in [0.29, 0.717) is 24.6 Å². The van der Waals surface area contributed by atoms with E-state index < -0.39 is 59.2 Å². The molecule has 1 fully saturated rings. The fraction of sp³-hybridized carbons (Fsp3) is 0.553. The number of nitrogens with one attached hydrogen (secondary N) is 2. The van der Waals surface area contributed by atoms with E-state index in [2.05, 4.69) is 10.6 Å². The summed E-state index contributed by atoms with van der Waals surface area (Å²) < 4.78 is 16.2. The number of nitrogens with zero attached hydrogens (tertiary/aromatic N) is 2. The predicted octanol–water partition coefficient (Wildman–Crippen LogP) is 5.63. The van der Waals surface area contributed by atoms with Gasteiger partial charge in [-0.2, -0.15) is 0 Å². The SMILES string of the molecule is CCCCN(C[C@@H](CNC(=O)[C@@H]1CSCN1C(=O)OC(C)(C)C)C(=O)OC(C)(C)C)C(=O)N[C@@H](Cc1ccc(-c2ccccc2)cc1)C(=O)OC. The molecule has 13 heteroatoms. The lowest BCUT2D eigenvalue weighted by molar-refractivity contribution is -0.160. The number of rotatable bonds is 14. The van der Waals surface area contributed by atoms with Crippen LogP contribution in [0.5, 0.6) is 0 Å². The van der Waals surface area contributed by atoms with Gasteiger partial charge < -0.3 is 29.7 Å². The number of amides is 4. The molecule has 1 aliphatic heterocycles. The number of carbonyl (C=O) groups excluding carboxylic acids is 5. The van der Waals surface area contributed by atoms with Gasteiger partial charge >= 0.3 is 24.1 Å². The van der Waals surface area contributed by atoms with E-state index in [-0.39, 0.29) is 19.5 Å². The van der Waals surface area contributed by atoms with Crippen LogP contribution in [0.3, 0.4) is 0 Å². The van der Waals surface area contributed by atoms with Crippen LogP contribution in [-0.2, 0) is 35.0 Å². The van der Waals surface area contributed by atoms with Gasteiger partial charge in [0.05, 0.1) is 18.9 Å². The average molecular weight is 727 g/mol. The quantitative estimate of drug-likeness (QED) is 0.187. The van der Waals surface area contributed by atoms with E-state index in [0.717, 1.165) is 23.1 Å². The van der Waals surface area contributed by atoms with Gasteiger partial charge in [0.25, 0.3) is 0 Å². The first-order valence-corrected chi connectivity index (χ1v) is 18.5. The van der Waals surface area contributed by atoms with Crippen molar-refractivity contribution in [3.05, 3.63) is 60.2 Å². The maximum absolute atomic E-state index is 13.8. The molecule has 3 atom stereocenters. The van der Waals surface area contributed by atoms with Gasteiger partial charge in [-0.1, -0.05) is 67.9 Å². The fourth-order valence-corrected chi connectivity index (χ4v) is 6.42. The molecule has 0 spiro atoms. The van der Waals surface area contributed by atoms with Gasteiger partial charge in [0.15, 0.2) is 0 Å². The van der Waals surface area contributed by atoms with Gasteiger partial charge in [0, 0.05) is 31.8 Å². The number of thioether (sulfide) groups is 1. The summed E-state index contributed by atoms with van der Waals surface area (Å²) in [7, 11) is 1.27. The Balaban J connectivity index is 1.77. The van der Waals surface area contributed by atoms with Crippen molar-refractivity contribution in [3.63, 3.8) is 0 Å². The highest BCUT2D eigenvalue weighted by molar-refractivity contribution is 7.99. The molecule has 1 aliphatic rings. The van der Waals surface area contributed by atoms with Crippen molar-refractivity contribution in [1.29, 1.82) is 0 Å². The zero-order valence-electron chi connectivity index (χ0n) is 31.2. The van der Waals surface area contributed by atoms with E-state index in [4.69, 9.17) is 14.2 Å². The van der Waals surface area contributed by atoms with Crippen LogP contribution >= 0.6 is 11.8 Å². The fourth-order valence-electron chi connectivity index (χ4n) is 5.28. The van der Waals surface area contributed by atoms with Crippen LogP contribution in [0.25, 0.3) is 11.1 Å². The summed E-state index contributed by atoms with van der Waals surface area (Å²) in [4.78, 5) is 69.3. The molecule has 1 saturated heterocycles. The molecule has 0 unspecified atom stereocenters. The number of esters is 2. The number of hydrogen-bond acceptors (Lipinski definition) is 9. The second kappa shape index (κ2) is 18.8. The Kier molecular flexibility index (Phi) is 15.2. The Bertz CT molecular complexity index is 1470. The van der Waals surface area contributed by atoms with E-state index in [1.165, 1.54) is 28.7 Å². The molecule has 0 saturated carbocycles. The van der Waals surface area contributed by atoms with E-state index in [1.807, 2.05) is 61.5 Å². The number of benzene rings is 2. The van der Waals surface area contributed by atoms with Crippen molar-refractivity contribution in [2.75, 3.05) is 38.4 Å².